The van der Waals surface area contributed by atoms with E-state index in [1.54, 1.807) is 5.38 Å². The molecule has 0 spiro atoms. The molecule has 1 saturated heterocycles. The molecule has 2 rings (SSSR count). The zero-order valence-corrected chi connectivity index (χ0v) is 11.7. The largest absolute Gasteiger partial charge is 0.477 e. The SMILES string of the molecule is CC1CCC(C(N)=O)CN1Cc1ccsc1C(=O)O. The molecule has 1 aromatic rings. The van der Waals surface area contributed by atoms with Gasteiger partial charge < -0.3 is 10.8 Å². The molecule has 0 bridgehead atoms. The number of aromatic carboxylic acids is 1. The normalized spacial score (nSPS) is 24.3. The first-order valence-electron chi connectivity index (χ1n) is 6.32. The summed E-state index contributed by atoms with van der Waals surface area (Å²) >= 11 is 1.24. The van der Waals surface area contributed by atoms with E-state index in [9.17, 15) is 9.59 Å². The van der Waals surface area contributed by atoms with E-state index in [1.807, 2.05) is 6.07 Å². The molecule has 0 radical (unpaired) electrons. The maximum atomic E-state index is 11.3. The van der Waals surface area contributed by atoms with Crippen LogP contribution in [-0.2, 0) is 11.3 Å². The summed E-state index contributed by atoms with van der Waals surface area (Å²) in [6.45, 7) is 3.28. The third-order valence-corrected chi connectivity index (χ3v) is 4.67. The van der Waals surface area contributed by atoms with Gasteiger partial charge in [-0.15, -0.1) is 11.3 Å². The average molecular weight is 282 g/mol. The van der Waals surface area contributed by atoms with Crippen LogP contribution in [0.1, 0.15) is 35.0 Å². The van der Waals surface area contributed by atoms with Gasteiger partial charge in [0.05, 0.1) is 5.92 Å². The van der Waals surface area contributed by atoms with Gasteiger partial charge in [-0.05, 0) is 36.8 Å². The molecule has 0 aromatic carbocycles. The molecule has 6 heteroatoms. The Morgan fingerprint density at radius 2 is 2.26 bits per heavy atom. The van der Waals surface area contributed by atoms with E-state index in [0.717, 1.165) is 18.4 Å². The lowest BCUT2D eigenvalue weighted by Gasteiger charge is -2.36. The minimum absolute atomic E-state index is 0.122. The summed E-state index contributed by atoms with van der Waals surface area (Å²) in [5.41, 5.74) is 6.18. The van der Waals surface area contributed by atoms with Crippen LogP contribution in [0.3, 0.4) is 0 Å². The van der Waals surface area contributed by atoms with Gasteiger partial charge in [-0.3, -0.25) is 9.69 Å². The number of carbonyl (C=O) groups excluding carboxylic acids is 1. The zero-order valence-electron chi connectivity index (χ0n) is 10.8. The minimum atomic E-state index is -0.888. The second-order valence-electron chi connectivity index (χ2n) is 5.04. The molecule has 2 atom stereocenters. The quantitative estimate of drug-likeness (QED) is 0.877. The van der Waals surface area contributed by atoms with E-state index >= 15 is 0 Å². The lowest BCUT2D eigenvalue weighted by molar-refractivity contribution is -0.124. The van der Waals surface area contributed by atoms with Crippen molar-refractivity contribution in [1.29, 1.82) is 0 Å². The molecule has 2 heterocycles. The molecule has 5 nitrogen and oxygen atoms in total. The van der Waals surface area contributed by atoms with Gasteiger partial charge in [-0.25, -0.2) is 4.79 Å². The molecule has 1 amide bonds. The third-order valence-electron chi connectivity index (χ3n) is 3.73. The van der Waals surface area contributed by atoms with E-state index in [1.165, 1.54) is 11.3 Å². The summed E-state index contributed by atoms with van der Waals surface area (Å²) in [5.74, 6) is -1.27. The third kappa shape index (κ3) is 3.13. The number of likely N-dealkylation sites (tertiary alicyclic amines) is 1. The summed E-state index contributed by atoms with van der Waals surface area (Å²) in [4.78, 5) is 24.9. The Bertz CT molecular complexity index is 486. The predicted molar refractivity (Wildman–Crippen MR) is 73.1 cm³/mol. The Labute approximate surface area is 116 Å². The van der Waals surface area contributed by atoms with Gasteiger partial charge in [0.2, 0.25) is 5.91 Å². The number of carboxylic acids is 1. The van der Waals surface area contributed by atoms with Gasteiger partial charge in [-0.2, -0.15) is 0 Å². The van der Waals surface area contributed by atoms with Crippen LogP contribution >= 0.6 is 11.3 Å². The fraction of sp³-hybridized carbons (Fsp3) is 0.538. The number of thiophene rings is 1. The number of carboxylic acid groups (broad SMARTS) is 1. The van der Waals surface area contributed by atoms with Gasteiger partial charge in [0.1, 0.15) is 4.88 Å². The number of primary amides is 1. The molecule has 1 aliphatic rings. The molecular weight excluding hydrogens is 264 g/mol. The highest BCUT2D eigenvalue weighted by atomic mass is 32.1. The van der Waals surface area contributed by atoms with Gasteiger partial charge >= 0.3 is 5.97 Å². The molecule has 104 valence electrons. The van der Waals surface area contributed by atoms with Crippen molar-refractivity contribution in [3.05, 3.63) is 21.9 Å². The number of hydrogen-bond acceptors (Lipinski definition) is 4. The van der Waals surface area contributed by atoms with Crippen LogP contribution in [0.25, 0.3) is 0 Å². The van der Waals surface area contributed by atoms with Gasteiger partial charge in [0.25, 0.3) is 0 Å². The average Bonchev–Trinajstić information content (AvgIpc) is 2.80. The highest BCUT2D eigenvalue weighted by Gasteiger charge is 2.29. The molecular formula is C13H18N2O3S. The molecule has 0 aliphatic carbocycles. The summed E-state index contributed by atoms with van der Waals surface area (Å²) in [6.07, 6.45) is 1.74. The van der Waals surface area contributed by atoms with Gasteiger partial charge in [-0.1, -0.05) is 0 Å². The molecule has 1 fully saturated rings. The lowest BCUT2D eigenvalue weighted by Crippen LogP contribution is -2.45. The van der Waals surface area contributed by atoms with Crippen molar-refractivity contribution < 1.29 is 14.7 Å². The van der Waals surface area contributed by atoms with Crippen molar-refractivity contribution in [2.24, 2.45) is 11.7 Å². The standard InChI is InChI=1S/C13H18N2O3S/c1-8-2-3-10(12(14)16)7-15(8)6-9-4-5-19-11(9)13(17)18/h4-5,8,10H,2-3,6-7H2,1H3,(H2,14,16)(H,17,18). The van der Waals surface area contributed by atoms with Crippen LogP contribution in [0, 0.1) is 5.92 Å². The summed E-state index contributed by atoms with van der Waals surface area (Å²) in [6, 6.07) is 2.19. The summed E-state index contributed by atoms with van der Waals surface area (Å²) in [7, 11) is 0. The smallest absolute Gasteiger partial charge is 0.346 e. The number of nitrogens with two attached hydrogens (primary N) is 1. The second kappa shape index (κ2) is 5.71. The van der Waals surface area contributed by atoms with Crippen LogP contribution in [0.4, 0.5) is 0 Å². The Morgan fingerprint density at radius 1 is 1.53 bits per heavy atom. The molecule has 3 N–H and O–H groups in total. The highest BCUT2D eigenvalue weighted by molar-refractivity contribution is 7.12. The Hall–Kier alpha value is -1.40. The van der Waals surface area contributed by atoms with Crippen molar-refractivity contribution in [3.8, 4) is 0 Å². The van der Waals surface area contributed by atoms with Crippen molar-refractivity contribution in [2.75, 3.05) is 6.54 Å². The van der Waals surface area contributed by atoms with Crippen LogP contribution in [0.2, 0.25) is 0 Å². The summed E-state index contributed by atoms with van der Waals surface area (Å²) in [5, 5.41) is 10.9. The van der Waals surface area contributed by atoms with E-state index in [4.69, 9.17) is 10.8 Å². The molecule has 2 unspecified atom stereocenters. The number of rotatable bonds is 4. The van der Waals surface area contributed by atoms with Gasteiger partial charge in [0, 0.05) is 19.1 Å². The second-order valence-corrected chi connectivity index (χ2v) is 5.95. The first-order chi connectivity index (χ1) is 8.99. The number of carbonyl (C=O) groups is 2. The van der Waals surface area contributed by atoms with Crippen molar-refractivity contribution >= 4 is 23.2 Å². The Balaban J connectivity index is 2.10. The predicted octanol–water partition coefficient (Wildman–Crippen LogP) is 1.53. The van der Waals surface area contributed by atoms with E-state index in [-0.39, 0.29) is 11.8 Å². The fourth-order valence-electron chi connectivity index (χ4n) is 2.50. The van der Waals surface area contributed by atoms with E-state index in [2.05, 4.69) is 11.8 Å². The van der Waals surface area contributed by atoms with E-state index < -0.39 is 5.97 Å². The van der Waals surface area contributed by atoms with Crippen LogP contribution in [-0.4, -0.2) is 34.5 Å². The fourth-order valence-corrected chi connectivity index (χ4v) is 3.25. The first kappa shape index (κ1) is 14.0. The van der Waals surface area contributed by atoms with Crippen LogP contribution in [0.15, 0.2) is 11.4 Å². The maximum Gasteiger partial charge on any atom is 0.346 e. The molecule has 0 saturated carbocycles. The Morgan fingerprint density at radius 3 is 2.89 bits per heavy atom. The summed E-state index contributed by atoms with van der Waals surface area (Å²) < 4.78 is 0. The topological polar surface area (TPSA) is 83.6 Å². The monoisotopic (exact) mass is 282 g/mol. The van der Waals surface area contributed by atoms with Crippen molar-refractivity contribution in [1.82, 2.24) is 4.90 Å². The molecule has 1 aliphatic heterocycles. The number of amides is 1. The number of piperidine rings is 1. The lowest BCUT2D eigenvalue weighted by atomic mass is 9.92. The highest BCUT2D eigenvalue weighted by Crippen LogP contribution is 2.26. The van der Waals surface area contributed by atoms with Gasteiger partial charge in [0.15, 0.2) is 0 Å². The number of nitrogens with zero attached hydrogens (tertiary/aromatic N) is 1. The number of hydrogen-bond donors (Lipinski definition) is 2. The molecule has 1 aromatic heterocycles. The zero-order chi connectivity index (χ0) is 14.0. The van der Waals surface area contributed by atoms with Crippen LogP contribution < -0.4 is 5.73 Å². The van der Waals surface area contributed by atoms with E-state index in [0.29, 0.717) is 24.0 Å². The van der Waals surface area contributed by atoms with Crippen molar-refractivity contribution in [2.45, 2.75) is 32.4 Å². The first-order valence-corrected chi connectivity index (χ1v) is 7.20. The van der Waals surface area contributed by atoms with Crippen molar-refractivity contribution in [3.63, 3.8) is 0 Å². The molecule has 19 heavy (non-hydrogen) atoms. The minimum Gasteiger partial charge on any atom is -0.477 e. The Kier molecular flexibility index (Phi) is 4.21. The maximum absolute atomic E-state index is 11.3. The van der Waals surface area contributed by atoms with Crippen LogP contribution in [0.5, 0.6) is 0 Å².